The Kier molecular flexibility index (Phi) is 13.3. The van der Waals surface area contributed by atoms with Crippen LogP contribution in [0.2, 0.25) is 0 Å². The van der Waals surface area contributed by atoms with Crippen LogP contribution in [0.1, 0.15) is 69.1 Å². The van der Waals surface area contributed by atoms with Crippen molar-refractivity contribution in [3.05, 3.63) is 198 Å². The first-order valence-corrected chi connectivity index (χ1v) is 20.8. The number of nitrogens with zero attached hydrogens (tertiary/aromatic N) is 7. The number of pyridine rings is 2. The molecule has 4 aromatic carbocycles. The number of nitrogens with one attached hydrogen (secondary N) is 2. The Balaban J connectivity index is 0.000000150. The molecule has 2 aliphatic heterocycles. The largest absolute Gasteiger partial charge is 0.508 e. The van der Waals surface area contributed by atoms with Crippen LogP contribution in [0.3, 0.4) is 0 Å². The van der Waals surface area contributed by atoms with Gasteiger partial charge in [0.2, 0.25) is 0 Å². The molecule has 4 aromatic heterocycles. The first-order valence-electron chi connectivity index (χ1n) is 20.8. The van der Waals surface area contributed by atoms with Crippen molar-refractivity contribution in [1.29, 1.82) is 0 Å². The molecule has 0 saturated carbocycles. The number of rotatable bonds is 8. The molecule has 0 bridgehead atoms. The van der Waals surface area contributed by atoms with E-state index in [0.717, 1.165) is 39.9 Å². The zero-order valence-electron chi connectivity index (χ0n) is 35.7. The van der Waals surface area contributed by atoms with E-state index in [1.807, 2.05) is 97.1 Å². The number of carbonyl (C=O) groups is 2. The van der Waals surface area contributed by atoms with Crippen molar-refractivity contribution in [2.75, 3.05) is 5.32 Å². The quantitative estimate of drug-likeness (QED) is 0.0962. The molecule has 8 aromatic rings. The number of para-hydroxylation sites is 2. The summed E-state index contributed by atoms with van der Waals surface area (Å²) in [6.07, 6.45) is 8.12. The number of aromatic carboxylic acids is 1. The summed E-state index contributed by atoms with van der Waals surface area (Å²) in [7, 11) is 0. The Morgan fingerprint density at radius 3 is 1.76 bits per heavy atom. The highest BCUT2D eigenvalue weighted by Crippen LogP contribution is 2.38. The number of carboxylic acids is 1. The summed E-state index contributed by atoms with van der Waals surface area (Å²) in [5.74, 6) is 0.192. The van der Waals surface area contributed by atoms with Crippen molar-refractivity contribution < 1.29 is 34.0 Å². The number of hydrogen-bond donors (Lipinski definition) is 5. The van der Waals surface area contributed by atoms with Crippen LogP contribution >= 0.6 is 0 Å². The second-order valence-electron chi connectivity index (χ2n) is 15.0. The number of hydrogen-bond acceptors (Lipinski definition) is 13. The summed E-state index contributed by atoms with van der Waals surface area (Å²) in [5.41, 5.74) is 11.1. The SMILES string of the molecule is Cc1onc(-c2ccccc2)c1C(=O)O.Cc1onc(-c2ccccc2)c1NC(=O)N1N=C(c2cccnc2)CC1c1ccccc1O.Oc1ccccc1C1CC(c2cccnc2)=NN1. The van der Waals surface area contributed by atoms with Crippen molar-refractivity contribution >= 4 is 29.1 Å². The predicted octanol–water partition coefficient (Wildman–Crippen LogP) is 9.71. The molecule has 5 N–H and O–H groups in total. The van der Waals surface area contributed by atoms with Crippen LogP contribution in [0.4, 0.5) is 10.5 Å². The van der Waals surface area contributed by atoms with E-state index in [1.165, 1.54) is 5.01 Å². The Morgan fingerprint density at radius 1 is 0.636 bits per heavy atom. The highest BCUT2D eigenvalue weighted by atomic mass is 16.5. The summed E-state index contributed by atoms with van der Waals surface area (Å²) >= 11 is 0. The van der Waals surface area contributed by atoms with Gasteiger partial charge in [0, 0.05) is 71.0 Å². The van der Waals surface area contributed by atoms with Gasteiger partial charge in [0.1, 0.15) is 39.9 Å². The Bertz CT molecular complexity index is 3000. The minimum absolute atomic E-state index is 0.0291. The highest BCUT2D eigenvalue weighted by Gasteiger charge is 2.36. The first-order chi connectivity index (χ1) is 32.2. The average molecular weight is 882 g/mol. The van der Waals surface area contributed by atoms with E-state index in [2.05, 4.69) is 41.2 Å². The standard InChI is InChI=1S/C25H21N5O3.C14H13N3O.C11H9NO3/c1-16-23(24(29-33-16)17-8-3-2-4-9-17)27-25(32)30-21(19-11-5-6-12-22(19)31)14-20(28-30)18-10-7-13-26-15-18;18-14-6-2-1-5-11(14)13-8-12(16-17-13)10-4-3-7-15-9-10;1-7-9(11(13)14)10(12-15-7)8-5-3-2-4-6-8/h2-13,15,21,31H,14H2,1H3,(H,27,32);1-7,9,13,17-18H,8H2;2-6H,1H3,(H,13,14). The predicted molar refractivity (Wildman–Crippen MR) is 247 cm³/mol. The number of phenolic OH excluding ortho intramolecular Hbond substituents is 2. The molecule has 0 aliphatic carbocycles. The molecule has 2 amide bonds. The van der Waals surface area contributed by atoms with E-state index in [9.17, 15) is 19.8 Å². The molecule has 330 valence electrons. The lowest BCUT2D eigenvalue weighted by molar-refractivity contribution is 0.0695. The van der Waals surface area contributed by atoms with Crippen molar-refractivity contribution in [3.63, 3.8) is 0 Å². The molecule has 2 aliphatic rings. The third kappa shape index (κ3) is 9.82. The molecular formula is C50H43N9O7. The minimum atomic E-state index is -1.02. The van der Waals surface area contributed by atoms with Gasteiger partial charge in [-0.3, -0.25) is 9.97 Å². The summed E-state index contributed by atoms with van der Waals surface area (Å²) < 4.78 is 10.2. The second-order valence-corrected chi connectivity index (χ2v) is 15.0. The maximum absolute atomic E-state index is 13.5. The van der Waals surface area contributed by atoms with E-state index >= 15 is 0 Å². The number of amides is 2. The molecule has 0 radical (unpaired) electrons. The molecule has 16 nitrogen and oxygen atoms in total. The number of benzene rings is 4. The lowest BCUT2D eigenvalue weighted by atomic mass is 9.98. The monoisotopic (exact) mass is 881 g/mol. The number of hydrazone groups is 2. The van der Waals surface area contributed by atoms with Crippen molar-refractivity contribution in [2.24, 2.45) is 10.2 Å². The van der Waals surface area contributed by atoms with Gasteiger partial charge in [0.05, 0.1) is 23.5 Å². The Labute approximate surface area is 378 Å². The van der Waals surface area contributed by atoms with Gasteiger partial charge in [-0.1, -0.05) is 120 Å². The van der Waals surface area contributed by atoms with Crippen LogP contribution in [0.5, 0.6) is 11.5 Å². The van der Waals surface area contributed by atoms with E-state index < -0.39 is 18.0 Å². The molecule has 2 atom stereocenters. The number of aryl methyl sites for hydroxylation is 2. The maximum Gasteiger partial charge on any atom is 0.343 e. The molecule has 6 heterocycles. The van der Waals surface area contributed by atoms with Gasteiger partial charge in [0.25, 0.3) is 0 Å². The van der Waals surface area contributed by atoms with Crippen LogP contribution in [0.15, 0.2) is 177 Å². The molecule has 0 saturated heterocycles. The number of phenols is 2. The second kappa shape index (κ2) is 20.1. The zero-order chi connectivity index (χ0) is 46.0. The number of urea groups is 1. The van der Waals surface area contributed by atoms with Crippen LogP contribution in [-0.2, 0) is 0 Å². The third-order valence-electron chi connectivity index (χ3n) is 10.7. The molecular weight excluding hydrogens is 839 g/mol. The molecule has 2 unspecified atom stereocenters. The van der Waals surface area contributed by atoms with Gasteiger partial charge in [-0.2, -0.15) is 10.2 Å². The molecule has 66 heavy (non-hydrogen) atoms. The number of anilines is 1. The minimum Gasteiger partial charge on any atom is -0.508 e. The number of aromatic nitrogens is 4. The smallest absolute Gasteiger partial charge is 0.343 e. The van der Waals surface area contributed by atoms with Gasteiger partial charge in [0.15, 0.2) is 5.76 Å². The van der Waals surface area contributed by atoms with Gasteiger partial charge in [-0.05, 0) is 38.1 Å². The van der Waals surface area contributed by atoms with E-state index in [4.69, 9.17) is 14.2 Å². The van der Waals surface area contributed by atoms with E-state index in [-0.39, 0.29) is 17.4 Å². The zero-order valence-corrected chi connectivity index (χ0v) is 35.7. The Morgan fingerprint density at radius 2 is 1.17 bits per heavy atom. The molecule has 0 spiro atoms. The first kappa shape index (κ1) is 43.7. The number of carbonyl (C=O) groups excluding carboxylic acids is 1. The summed E-state index contributed by atoms with van der Waals surface area (Å²) in [6, 6.07) is 39.6. The van der Waals surface area contributed by atoms with Gasteiger partial charge < -0.3 is 35.1 Å². The normalized spacial score (nSPS) is 15.0. The molecule has 16 heteroatoms. The lowest BCUT2D eigenvalue weighted by Gasteiger charge is -2.23. The van der Waals surface area contributed by atoms with E-state index in [0.29, 0.717) is 52.0 Å². The van der Waals surface area contributed by atoms with Crippen LogP contribution < -0.4 is 10.7 Å². The van der Waals surface area contributed by atoms with Gasteiger partial charge in [-0.25, -0.2) is 14.6 Å². The third-order valence-corrected chi connectivity index (χ3v) is 10.7. The fourth-order valence-electron chi connectivity index (χ4n) is 7.43. The van der Waals surface area contributed by atoms with Crippen molar-refractivity contribution in [2.45, 2.75) is 38.8 Å². The molecule has 0 fully saturated rings. The highest BCUT2D eigenvalue weighted by molar-refractivity contribution is 6.04. The van der Waals surface area contributed by atoms with E-state index in [1.54, 1.807) is 75.0 Å². The fourth-order valence-corrected chi connectivity index (χ4v) is 7.43. The molecule has 10 rings (SSSR count). The summed E-state index contributed by atoms with van der Waals surface area (Å²) in [6.45, 7) is 3.33. The van der Waals surface area contributed by atoms with Gasteiger partial charge in [-0.15, -0.1) is 0 Å². The van der Waals surface area contributed by atoms with Crippen LogP contribution in [0, 0.1) is 13.8 Å². The van der Waals surface area contributed by atoms with Crippen LogP contribution in [-0.4, -0.2) is 64.0 Å². The lowest BCUT2D eigenvalue weighted by Crippen LogP contribution is -2.31. The number of aromatic hydroxyl groups is 2. The maximum atomic E-state index is 13.5. The van der Waals surface area contributed by atoms with Crippen LogP contribution in [0.25, 0.3) is 22.5 Å². The summed E-state index contributed by atoms with van der Waals surface area (Å²) in [5, 5.41) is 50.4. The topological polar surface area (TPSA) is 225 Å². The number of carboxylic acid groups (broad SMARTS) is 1. The van der Waals surface area contributed by atoms with Crippen molar-refractivity contribution in [1.82, 2.24) is 30.7 Å². The van der Waals surface area contributed by atoms with Crippen molar-refractivity contribution in [3.8, 4) is 34.0 Å². The van der Waals surface area contributed by atoms with Gasteiger partial charge >= 0.3 is 12.0 Å². The fraction of sp³-hybridized carbons (Fsp3) is 0.120. The summed E-state index contributed by atoms with van der Waals surface area (Å²) in [4.78, 5) is 32.7. The average Bonchev–Trinajstić information content (AvgIpc) is 4.18. The Hall–Kier alpha value is -8.92.